The van der Waals surface area contributed by atoms with Crippen molar-refractivity contribution in [1.29, 1.82) is 0 Å². The predicted octanol–water partition coefficient (Wildman–Crippen LogP) is 10.8. The molecule has 3 aromatic rings. The third-order valence-corrected chi connectivity index (χ3v) is 7.13. The van der Waals surface area contributed by atoms with Crippen molar-refractivity contribution in [3.05, 3.63) is 65.7 Å². The van der Waals surface area contributed by atoms with Gasteiger partial charge < -0.3 is 25.7 Å². The molecule has 0 saturated heterocycles. The molecule has 0 fully saturated rings. The Morgan fingerprint density at radius 3 is 1.13 bits per heavy atom. The van der Waals surface area contributed by atoms with Crippen molar-refractivity contribution >= 4 is 11.4 Å². The number of hydrogen-bond donors (Lipinski definition) is 2. The Morgan fingerprint density at radius 2 is 0.792 bits per heavy atom. The van der Waals surface area contributed by atoms with E-state index in [-0.39, 0.29) is 22.9 Å². The van der Waals surface area contributed by atoms with Gasteiger partial charge in [0.1, 0.15) is 11.5 Å². The number of rotatable bonds is 14. The van der Waals surface area contributed by atoms with Gasteiger partial charge in [-0.25, -0.2) is 0 Å². The molecule has 296 valence electrons. The molecular formula is C29H19F19N2O3. The van der Waals surface area contributed by atoms with Crippen LogP contribution in [0.1, 0.15) is 12.0 Å². The lowest BCUT2D eigenvalue weighted by molar-refractivity contribution is -0.461. The van der Waals surface area contributed by atoms with Crippen LogP contribution >= 0.6 is 0 Å². The van der Waals surface area contributed by atoms with Gasteiger partial charge >= 0.3 is 47.6 Å². The summed E-state index contributed by atoms with van der Waals surface area (Å²) in [5.41, 5.74) is 10.8. The minimum Gasteiger partial charge on any atom is -0.487 e. The Morgan fingerprint density at radius 1 is 0.472 bits per heavy atom. The summed E-state index contributed by atoms with van der Waals surface area (Å²) < 4.78 is 277. The Labute approximate surface area is 283 Å². The van der Waals surface area contributed by atoms with Crippen LogP contribution in [0.15, 0.2) is 48.5 Å². The first-order valence-electron chi connectivity index (χ1n) is 13.7. The maximum absolute atomic E-state index is 15.5. The fraction of sp³-hybridized carbons (Fsp3) is 0.379. The second-order valence-electron chi connectivity index (χ2n) is 10.8. The zero-order valence-electron chi connectivity index (χ0n) is 25.6. The van der Waals surface area contributed by atoms with Gasteiger partial charge in [-0.15, -0.1) is 0 Å². The monoisotopic (exact) mass is 804 g/mol. The van der Waals surface area contributed by atoms with Crippen molar-refractivity contribution in [3.8, 4) is 28.7 Å². The van der Waals surface area contributed by atoms with E-state index in [0.717, 1.165) is 31.2 Å². The van der Waals surface area contributed by atoms with Gasteiger partial charge in [-0.2, -0.15) is 83.4 Å². The smallest absolute Gasteiger partial charge is 0.460 e. The molecule has 0 saturated carbocycles. The summed E-state index contributed by atoms with van der Waals surface area (Å²) in [6, 6.07) is 9.26. The molecule has 0 bridgehead atoms. The van der Waals surface area contributed by atoms with Crippen LogP contribution in [0, 0.1) is 18.6 Å². The first-order chi connectivity index (χ1) is 23.8. The van der Waals surface area contributed by atoms with E-state index in [1.165, 1.54) is 24.3 Å². The summed E-state index contributed by atoms with van der Waals surface area (Å²) in [5.74, 6) is -66.5. The van der Waals surface area contributed by atoms with Crippen molar-refractivity contribution in [3.63, 3.8) is 0 Å². The van der Waals surface area contributed by atoms with E-state index in [0.29, 0.717) is 0 Å². The zero-order valence-corrected chi connectivity index (χ0v) is 25.6. The van der Waals surface area contributed by atoms with Gasteiger partial charge in [-0.1, -0.05) is 0 Å². The summed E-state index contributed by atoms with van der Waals surface area (Å²) in [7, 11) is 0. The third kappa shape index (κ3) is 7.06. The van der Waals surface area contributed by atoms with Crippen LogP contribution in [0.25, 0.3) is 0 Å². The summed E-state index contributed by atoms with van der Waals surface area (Å²) >= 11 is 0. The number of alkyl halides is 17. The molecule has 5 nitrogen and oxygen atoms in total. The van der Waals surface area contributed by atoms with Gasteiger partial charge in [-0.05, 0) is 55.5 Å². The molecule has 0 aromatic heterocycles. The Hall–Kier alpha value is -4.67. The average molecular weight is 804 g/mol. The van der Waals surface area contributed by atoms with E-state index in [9.17, 15) is 74.6 Å². The summed E-state index contributed by atoms with van der Waals surface area (Å²) in [6.07, 6.45) is -11.0. The first kappa shape index (κ1) is 42.7. The van der Waals surface area contributed by atoms with Gasteiger partial charge in [-0.3, -0.25) is 0 Å². The van der Waals surface area contributed by atoms with E-state index in [1.807, 2.05) is 0 Å². The maximum Gasteiger partial charge on any atom is 0.460 e. The van der Waals surface area contributed by atoms with E-state index >= 15 is 8.78 Å². The molecule has 0 aliphatic rings. The molecule has 0 heterocycles. The van der Waals surface area contributed by atoms with Crippen LogP contribution in [0.5, 0.6) is 28.7 Å². The SMILES string of the molecule is Cc1c(Oc2ccc(N)cc2)c(F)c(OCCC(F)(F)C(F)(F)C(F)(F)C(F)(F)C(F)(F)C(F)(F)C(F)(F)C(F)(F)F)c(F)c1Oc1ccc(N)cc1. The van der Waals surface area contributed by atoms with Crippen molar-refractivity contribution in [2.24, 2.45) is 0 Å². The molecule has 53 heavy (non-hydrogen) atoms. The van der Waals surface area contributed by atoms with Crippen molar-refractivity contribution in [2.75, 3.05) is 18.1 Å². The molecule has 0 radical (unpaired) electrons. The molecule has 3 aromatic carbocycles. The Balaban J connectivity index is 2.02. The second-order valence-corrected chi connectivity index (χ2v) is 10.8. The lowest BCUT2D eigenvalue weighted by Crippen LogP contribution is -2.74. The van der Waals surface area contributed by atoms with Crippen LogP contribution in [-0.4, -0.2) is 54.2 Å². The lowest BCUT2D eigenvalue weighted by Gasteiger charge is -2.42. The number of benzene rings is 3. The highest BCUT2D eigenvalue weighted by Gasteiger charge is 2.95. The molecular weight excluding hydrogens is 785 g/mol. The highest BCUT2D eigenvalue weighted by molar-refractivity contribution is 5.56. The molecule has 0 atom stereocenters. The van der Waals surface area contributed by atoms with Crippen LogP contribution in [0.3, 0.4) is 0 Å². The molecule has 0 spiro atoms. The fourth-order valence-electron chi connectivity index (χ4n) is 4.05. The summed E-state index contributed by atoms with van der Waals surface area (Å²) in [5, 5.41) is 0. The number of halogens is 19. The zero-order chi connectivity index (χ0) is 41.0. The average Bonchev–Trinajstić information content (AvgIpc) is 3.03. The quantitative estimate of drug-likeness (QED) is 0.125. The molecule has 24 heteroatoms. The van der Waals surface area contributed by atoms with Crippen molar-refractivity contribution < 1.29 is 97.6 Å². The van der Waals surface area contributed by atoms with Crippen LogP contribution in [-0.2, 0) is 0 Å². The fourth-order valence-corrected chi connectivity index (χ4v) is 4.05. The number of nitrogens with two attached hydrogens (primary N) is 2. The van der Waals surface area contributed by atoms with E-state index in [4.69, 9.17) is 20.9 Å². The van der Waals surface area contributed by atoms with Crippen molar-refractivity contribution in [2.45, 2.75) is 61.0 Å². The van der Waals surface area contributed by atoms with Crippen LogP contribution in [0.2, 0.25) is 0 Å². The number of anilines is 2. The minimum absolute atomic E-state index is 0.141. The third-order valence-electron chi connectivity index (χ3n) is 7.13. The normalized spacial score (nSPS) is 14.0. The van der Waals surface area contributed by atoms with E-state index in [1.54, 1.807) is 0 Å². The standard InChI is InChI=1S/C29H19F19N2O3/c1-12-19(52-15-6-2-13(49)3-7-15)17(30)21(18(31)20(12)53-16-8-4-14(50)5-9-16)51-11-10-22(32,33)23(34,35)24(36,37)25(38,39)26(40,41)27(42,43)28(44,45)29(46,47)48/h2-9H,10-11,49-50H2,1H3. The maximum atomic E-state index is 15.5. The Bertz CT molecular complexity index is 1700. The minimum atomic E-state index is -8.81. The predicted molar refractivity (Wildman–Crippen MR) is 144 cm³/mol. The van der Waals surface area contributed by atoms with Gasteiger partial charge in [0.2, 0.25) is 11.6 Å². The molecule has 3 rings (SSSR count). The van der Waals surface area contributed by atoms with Gasteiger partial charge in [0.15, 0.2) is 17.2 Å². The largest absolute Gasteiger partial charge is 0.487 e. The van der Waals surface area contributed by atoms with E-state index in [2.05, 4.69) is 4.74 Å². The topological polar surface area (TPSA) is 79.7 Å². The van der Waals surface area contributed by atoms with Gasteiger partial charge in [0, 0.05) is 16.9 Å². The molecule has 0 aliphatic heterocycles. The Kier molecular flexibility index (Phi) is 11.0. The van der Waals surface area contributed by atoms with Crippen LogP contribution < -0.4 is 25.7 Å². The number of hydrogen-bond acceptors (Lipinski definition) is 5. The van der Waals surface area contributed by atoms with Gasteiger partial charge in [0.05, 0.1) is 13.0 Å². The lowest BCUT2D eigenvalue weighted by atomic mass is 9.88. The molecule has 4 N–H and O–H groups in total. The molecule has 0 amide bonds. The molecule has 0 unspecified atom stereocenters. The number of nitrogen functional groups attached to an aromatic ring is 2. The summed E-state index contributed by atoms with van der Waals surface area (Å²) in [4.78, 5) is 0. The highest BCUT2D eigenvalue weighted by atomic mass is 19.4. The van der Waals surface area contributed by atoms with Crippen LogP contribution in [0.4, 0.5) is 94.8 Å². The van der Waals surface area contributed by atoms with E-state index < -0.39 is 95.1 Å². The van der Waals surface area contributed by atoms with Gasteiger partial charge in [0.25, 0.3) is 0 Å². The first-order valence-corrected chi connectivity index (χ1v) is 13.7. The second kappa shape index (κ2) is 13.6. The highest BCUT2D eigenvalue weighted by Crippen LogP contribution is 2.64. The van der Waals surface area contributed by atoms with Crippen molar-refractivity contribution in [1.82, 2.24) is 0 Å². The molecule has 0 aliphatic carbocycles. The number of ether oxygens (including phenoxy) is 3. The summed E-state index contributed by atoms with van der Waals surface area (Å²) in [6.45, 7) is -1.39.